The minimum atomic E-state index is -2.33. The molecule has 3 aromatic heterocycles. The van der Waals surface area contributed by atoms with Crippen molar-refractivity contribution in [3.8, 4) is 84.3 Å². The van der Waals surface area contributed by atoms with E-state index in [1.165, 1.54) is 0 Å². The molecule has 322 valence electrons. The molecule has 0 amide bonds. The number of aromatic hydroxyl groups is 1. The van der Waals surface area contributed by atoms with Crippen LogP contribution in [0.3, 0.4) is 0 Å². The van der Waals surface area contributed by atoms with E-state index in [4.69, 9.17) is 14.1 Å². The molecule has 6 heteroatoms. The van der Waals surface area contributed by atoms with Gasteiger partial charge in [-0.15, -0.1) is 17.7 Å². The number of aromatic nitrogens is 4. The minimum Gasteiger partial charge on any atom is -0.507 e. The van der Waals surface area contributed by atoms with Crippen LogP contribution >= 0.6 is 0 Å². The predicted octanol–water partition coefficient (Wildman–Crippen LogP) is 15.3. The van der Waals surface area contributed by atoms with E-state index >= 15 is 0 Å². The molecule has 0 atom stereocenters. The Labute approximate surface area is 407 Å². The van der Waals surface area contributed by atoms with Crippen molar-refractivity contribution in [1.29, 1.82) is 0 Å². The number of para-hydroxylation sites is 4. The van der Waals surface area contributed by atoms with Crippen LogP contribution in [0.25, 0.3) is 111 Å². The van der Waals surface area contributed by atoms with Crippen LogP contribution in [-0.2, 0) is 21.1 Å². The SMILES string of the molecule is [2H]C([2H])([2H])c1ccc(-n2c(-c3ccccc3O)nc3c(-c4[c-]c(-c5cc(-c6ccc(-c7ccccc7)cc6)ccn5)c5c(c4)c4ccccc4n5-c4ccccc4)cccc32)c(-c2ccccc2)c1.[Pt]. The van der Waals surface area contributed by atoms with Gasteiger partial charge in [0.1, 0.15) is 11.6 Å². The number of hydrogen-bond donors (Lipinski definition) is 1. The summed E-state index contributed by atoms with van der Waals surface area (Å²) in [6.07, 6.45) is 1.88. The van der Waals surface area contributed by atoms with Crippen molar-refractivity contribution < 1.29 is 30.3 Å². The molecule has 0 aliphatic heterocycles. The molecule has 0 bridgehead atoms. The van der Waals surface area contributed by atoms with Crippen LogP contribution in [0.1, 0.15) is 9.68 Å². The van der Waals surface area contributed by atoms with Crippen LogP contribution in [0.4, 0.5) is 0 Å². The molecule has 0 spiro atoms. The summed E-state index contributed by atoms with van der Waals surface area (Å²) in [6.45, 7) is -2.33. The summed E-state index contributed by atoms with van der Waals surface area (Å²) in [4.78, 5) is 10.5. The Morgan fingerprint density at radius 3 is 1.91 bits per heavy atom. The van der Waals surface area contributed by atoms with E-state index in [9.17, 15) is 5.11 Å². The van der Waals surface area contributed by atoms with Gasteiger partial charge in [0.15, 0.2) is 0 Å². The molecule has 3 heterocycles. The van der Waals surface area contributed by atoms with Crippen molar-refractivity contribution in [3.63, 3.8) is 0 Å². The van der Waals surface area contributed by atoms with Gasteiger partial charge in [-0.25, -0.2) is 4.98 Å². The Kier molecular flexibility index (Phi) is 9.89. The van der Waals surface area contributed by atoms with E-state index in [0.29, 0.717) is 16.9 Å². The third kappa shape index (κ3) is 7.35. The summed E-state index contributed by atoms with van der Waals surface area (Å²) in [5.41, 5.74) is 15.2. The second-order valence-corrected chi connectivity index (χ2v) is 16.4. The summed E-state index contributed by atoms with van der Waals surface area (Å²) in [5, 5.41) is 13.6. The van der Waals surface area contributed by atoms with Crippen LogP contribution < -0.4 is 0 Å². The fourth-order valence-electron chi connectivity index (χ4n) is 9.42. The number of pyridine rings is 1. The number of hydrogen-bond acceptors (Lipinski definition) is 3. The first-order chi connectivity index (χ1) is 33.8. The molecule has 12 aromatic rings. The van der Waals surface area contributed by atoms with E-state index in [1.54, 1.807) is 24.3 Å². The molecule has 67 heavy (non-hydrogen) atoms. The van der Waals surface area contributed by atoms with E-state index in [0.717, 1.165) is 94.5 Å². The largest absolute Gasteiger partial charge is 0.507 e. The van der Waals surface area contributed by atoms with E-state index in [2.05, 4.69) is 132 Å². The molecular weight excluding hydrogens is 1000 g/mol. The van der Waals surface area contributed by atoms with Gasteiger partial charge >= 0.3 is 0 Å². The van der Waals surface area contributed by atoms with Crippen molar-refractivity contribution in [2.75, 3.05) is 0 Å². The van der Waals surface area contributed by atoms with Crippen LogP contribution in [0.15, 0.2) is 225 Å². The summed E-state index contributed by atoms with van der Waals surface area (Å²) >= 11 is 0. The van der Waals surface area contributed by atoms with Crippen LogP contribution in [0.2, 0.25) is 0 Å². The fourth-order valence-corrected chi connectivity index (χ4v) is 9.42. The van der Waals surface area contributed by atoms with Crippen LogP contribution in [0, 0.1) is 12.9 Å². The number of benzene rings is 9. The number of fused-ring (bicyclic) bond motifs is 4. The zero-order valence-corrected chi connectivity index (χ0v) is 38.2. The van der Waals surface area contributed by atoms with Gasteiger partial charge in [-0.05, 0) is 100 Å². The minimum absolute atomic E-state index is 0. The molecule has 0 radical (unpaired) electrons. The molecule has 0 unspecified atom stereocenters. The summed E-state index contributed by atoms with van der Waals surface area (Å²) in [6, 6.07) is 76.6. The molecule has 0 aliphatic rings. The maximum atomic E-state index is 11.5. The van der Waals surface area contributed by atoms with Crippen molar-refractivity contribution in [2.24, 2.45) is 0 Å². The molecule has 0 saturated carbocycles. The first-order valence-electron chi connectivity index (χ1n) is 23.5. The Morgan fingerprint density at radius 1 is 0.507 bits per heavy atom. The number of imidazole rings is 1. The number of rotatable bonds is 8. The van der Waals surface area contributed by atoms with Gasteiger partial charge in [0.25, 0.3) is 0 Å². The Bertz CT molecular complexity index is 3890. The molecule has 9 aromatic carbocycles. The Hall–Kier alpha value is -8.11. The normalized spacial score (nSPS) is 12.1. The predicted molar refractivity (Wildman–Crippen MR) is 271 cm³/mol. The summed E-state index contributed by atoms with van der Waals surface area (Å²) in [7, 11) is 0. The first kappa shape index (κ1) is 38.2. The van der Waals surface area contributed by atoms with E-state index in [1.807, 2.05) is 83.6 Å². The maximum Gasteiger partial charge on any atom is 0.148 e. The Morgan fingerprint density at radius 2 is 1.15 bits per heavy atom. The standard InChI is InChI=1S/C61H41N4O.Pt/c1-40-28-33-56(51(36-40)44-18-7-3-8-19-44)65-57-26-15-24-48(59(57)63-61(65)50-23-12-14-27-58(50)66)46-37-52-49-22-11-13-25-55(49)64(47-20-9-4-10-21-47)60(52)53(38-46)54-39-45(34-35-62-54)43-31-29-42(30-32-43)41-16-5-2-6-17-41;/h2-37,39,66H,1H3;/q-1;/i1D3;. The number of phenolic OH excluding ortho intramolecular Hbond substituents is 1. The van der Waals surface area contributed by atoms with Gasteiger partial charge in [-0.3, -0.25) is 9.55 Å². The zero-order valence-electron chi connectivity index (χ0n) is 38.9. The third-order valence-electron chi connectivity index (χ3n) is 12.5. The van der Waals surface area contributed by atoms with Crippen molar-refractivity contribution in [2.45, 2.75) is 6.85 Å². The quantitative estimate of drug-likeness (QED) is 0.154. The molecule has 12 rings (SSSR count). The molecule has 5 nitrogen and oxygen atoms in total. The third-order valence-corrected chi connectivity index (χ3v) is 12.5. The second-order valence-electron chi connectivity index (χ2n) is 16.4. The maximum absolute atomic E-state index is 11.5. The van der Waals surface area contributed by atoms with E-state index < -0.39 is 6.85 Å². The fraction of sp³-hybridized carbons (Fsp3) is 0.0164. The zero-order chi connectivity index (χ0) is 46.6. The number of phenols is 1. The molecule has 0 aliphatic carbocycles. The Balaban J connectivity index is 0.00000533. The molecule has 0 fully saturated rings. The molecule has 0 saturated heterocycles. The summed E-state index contributed by atoms with van der Waals surface area (Å²) in [5.74, 6) is 0.574. The van der Waals surface area contributed by atoms with Gasteiger partial charge in [-0.2, -0.15) is 0 Å². The molecule has 1 N–H and O–H groups in total. The monoisotopic (exact) mass is 1040 g/mol. The average Bonchev–Trinajstić information content (AvgIpc) is 3.95. The number of aryl methyl sites for hydroxylation is 1. The van der Waals surface area contributed by atoms with Gasteiger partial charge in [0.2, 0.25) is 0 Å². The van der Waals surface area contributed by atoms with Gasteiger partial charge in [0, 0.05) is 53.8 Å². The van der Waals surface area contributed by atoms with Gasteiger partial charge < -0.3 is 9.67 Å². The van der Waals surface area contributed by atoms with Gasteiger partial charge in [-0.1, -0.05) is 180 Å². The second kappa shape index (κ2) is 17.4. The van der Waals surface area contributed by atoms with Crippen molar-refractivity contribution in [3.05, 3.63) is 236 Å². The average molecular weight is 1040 g/mol. The smallest absolute Gasteiger partial charge is 0.148 e. The first-order valence-corrected chi connectivity index (χ1v) is 22.0. The summed E-state index contributed by atoms with van der Waals surface area (Å²) < 4.78 is 29.4. The molecular formula is C61H41N4OPt-. The van der Waals surface area contributed by atoms with Crippen LogP contribution in [0.5, 0.6) is 5.75 Å². The van der Waals surface area contributed by atoms with Gasteiger partial charge in [0.05, 0.1) is 22.3 Å². The van der Waals surface area contributed by atoms with E-state index in [-0.39, 0.29) is 32.4 Å². The van der Waals surface area contributed by atoms with Crippen molar-refractivity contribution in [1.82, 2.24) is 19.1 Å². The van der Waals surface area contributed by atoms with Crippen LogP contribution in [-0.4, -0.2) is 24.2 Å². The topological polar surface area (TPSA) is 55.9 Å². The number of nitrogens with zero attached hydrogens (tertiary/aromatic N) is 4. The van der Waals surface area contributed by atoms with Crippen molar-refractivity contribution >= 4 is 32.8 Å².